The highest BCUT2D eigenvalue weighted by Gasteiger charge is 2.24. The summed E-state index contributed by atoms with van der Waals surface area (Å²) in [6.45, 7) is 10.4. The van der Waals surface area contributed by atoms with Gasteiger partial charge in [0, 0.05) is 30.1 Å². The molecule has 0 saturated carbocycles. The molecule has 3 heteroatoms. The summed E-state index contributed by atoms with van der Waals surface area (Å²) >= 11 is 1.87. The molecule has 0 aromatic carbocycles. The van der Waals surface area contributed by atoms with Gasteiger partial charge in [-0.1, -0.05) is 19.9 Å². The minimum atomic E-state index is 0.639. The number of nitrogens with one attached hydrogen (secondary N) is 1. The van der Waals surface area contributed by atoms with Crippen LogP contribution in [0.15, 0.2) is 17.5 Å². The van der Waals surface area contributed by atoms with Gasteiger partial charge in [0.25, 0.3) is 0 Å². The van der Waals surface area contributed by atoms with E-state index in [1.54, 1.807) is 0 Å². The lowest BCUT2D eigenvalue weighted by molar-refractivity contribution is 0.185. The van der Waals surface area contributed by atoms with Crippen molar-refractivity contribution in [1.29, 1.82) is 0 Å². The van der Waals surface area contributed by atoms with Crippen LogP contribution in [0.25, 0.3) is 0 Å². The van der Waals surface area contributed by atoms with Crippen LogP contribution in [-0.2, 0) is 6.54 Å². The Morgan fingerprint density at radius 2 is 2.35 bits per heavy atom. The van der Waals surface area contributed by atoms with Crippen LogP contribution < -0.4 is 5.32 Å². The first-order valence-corrected chi connectivity index (χ1v) is 7.54. The third-order valence-corrected chi connectivity index (χ3v) is 4.63. The van der Waals surface area contributed by atoms with Crippen LogP contribution in [0.3, 0.4) is 0 Å². The fraction of sp³-hybridized carbons (Fsp3) is 0.714. The third-order valence-electron chi connectivity index (χ3n) is 3.77. The summed E-state index contributed by atoms with van der Waals surface area (Å²) in [4.78, 5) is 4.12. The topological polar surface area (TPSA) is 15.3 Å². The maximum atomic E-state index is 3.68. The second-order valence-electron chi connectivity index (χ2n) is 5.45. The minimum Gasteiger partial charge on any atom is -0.312 e. The van der Waals surface area contributed by atoms with Gasteiger partial charge < -0.3 is 5.32 Å². The Bertz CT molecular complexity index is 321. The summed E-state index contributed by atoms with van der Waals surface area (Å²) in [5.74, 6) is 0.714. The molecular weight excluding hydrogens is 228 g/mol. The molecule has 1 aliphatic rings. The number of hydrogen-bond acceptors (Lipinski definition) is 3. The molecule has 17 heavy (non-hydrogen) atoms. The van der Waals surface area contributed by atoms with E-state index in [0.29, 0.717) is 18.0 Å². The van der Waals surface area contributed by atoms with Crippen molar-refractivity contribution in [3.05, 3.63) is 22.4 Å². The van der Waals surface area contributed by atoms with E-state index < -0.39 is 0 Å². The molecule has 2 rings (SSSR count). The third kappa shape index (κ3) is 3.54. The molecule has 2 atom stereocenters. The Morgan fingerprint density at radius 1 is 1.53 bits per heavy atom. The monoisotopic (exact) mass is 252 g/mol. The number of hydrogen-bond donors (Lipinski definition) is 1. The molecule has 0 aliphatic carbocycles. The van der Waals surface area contributed by atoms with Crippen LogP contribution in [0, 0.1) is 5.92 Å². The summed E-state index contributed by atoms with van der Waals surface area (Å²) < 4.78 is 0. The molecule has 2 unspecified atom stereocenters. The number of nitrogens with zero attached hydrogens (tertiary/aromatic N) is 1. The normalized spacial score (nSPS) is 27.3. The SMILES string of the molecule is CC(C)C1CN(Cc2cccs2)C(C)CCN1. The largest absolute Gasteiger partial charge is 0.312 e. The van der Waals surface area contributed by atoms with Gasteiger partial charge in [0.1, 0.15) is 0 Å². The average Bonchev–Trinajstić information content (AvgIpc) is 2.71. The summed E-state index contributed by atoms with van der Waals surface area (Å²) in [6, 6.07) is 5.73. The van der Waals surface area contributed by atoms with Crippen LogP contribution in [0.1, 0.15) is 32.1 Å². The Hall–Kier alpha value is -0.380. The average molecular weight is 252 g/mol. The number of rotatable bonds is 3. The van der Waals surface area contributed by atoms with E-state index in [9.17, 15) is 0 Å². The molecule has 0 spiro atoms. The molecule has 0 radical (unpaired) electrons. The van der Waals surface area contributed by atoms with E-state index in [4.69, 9.17) is 0 Å². The lowest BCUT2D eigenvalue weighted by Gasteiger charge is -2.30. The smallest absolute Gasteiger partial charge is 0.0331 e. The number of thiophene rings is 1. The van der Waals surface area contributed by atoms with Crippen molar-refractivity contribution < 1.29 is 0 Å². The van der Waals surface area contributed by atoms with Gasteiger partial charge in [-0.2, -0.15) is 0 Å². The summed E-state index contributed by atoms with van der Waals surface area (Å²) in [5.41, 5.74) is 0. The fourth-order valence-corrected chi connectivity index (χ4v) is 3.16. The molecule has 96 valence electrons. The zero-order valence-electron chi connectivity index (χ0n) is 11.1. The van der Waals surface area contributed by atoms with Crippen LogP contribution in [0.4, 0.5) is 0 Å². The molecule has 1 fully saturated rings. The van der Waals surface area contributed by atoms with Crippen LogP contribution in [-0.4, -0.2) is 30.1 Å². The van der Waals surface area contributed by atoms with Gasteiger partial charge in [0.05, 0.1) is 0 Å². The molecule has 0 amide bonds. The molecule has 1 aromatic heterocycles. The zero-order chi connectivity index (χ0) is 12.3. The first-order valence-electron chi connectivity index (χ1n) is 6.66. The van der Waals surface area contributed by atoms with Gasteiger partial charge in [-0.15, -0.1) is 11.3 Å². The Morgan fingerprint density at radius 3 is 3.00 bits per heavy atom. The van der Waals surface area contributed by atoms with Gasteiger partial charge >= 0.3 is 0 Å². The van der Waals surface area contributed by atoms with Crippen molar-refractivity contribution in [2.75, 3.05) is 13.1 Å². The predicted octanol–water partition coefficient (Wildman–Crippen LogP) is 2.96. The maximum Gasteiger partial charge on any atom is 0.0331 e. The molecule has 2 heterocycles. The van der Waals surface area contributed by atoms with Crippen LogP contribution in [0.2, 0.25) is 0 Å². The van der Waals surface area contributed by atoms with Crippen molar-refractivity contribution in [2.24, 2.45) is 5.92 Å². The molecule has 1 aliphatic heterocycles. The van der Waals surface area contributed by atoms with Gasteiger partial charge in [-0.3, -0.25) is 4.90 Å². The van der Waals surface area contributed by atoms with Crippen LogP contribution >= 0.6 is 11.3 Å². The molecule has 1 saturated heterocycles. The van der Waals surface area contributed by atoms with Crippen molar-refractivity contribution in [3.63, 3.8) is 0 Å². The summed E-state index contributed by atoms with van der Waals surface area (Å²) in [7, 11) is 0. The van der Waals surface area contributed by atoms with Crippen molar-refractivity contribution in [2.45, 2.75) is 45.8 Å². The van der Waals surface area contributed by atoms with Gasteiger partial charge in [0.2, 0.25) is 0 Å². The second-order valence-corrected chi connectivity index (χ2v) is 6.48. The minimum absolute atomic E-state index is 0.639. The quantitative estimate of drug-likeness (QED) is 0.890. The fourth-order valence-electron chi connectivity index (χ4n) is 2.43. The Labute approximate surface area is 109 Å². The Kier molecular flexibility index (Phi) is 4.60. The highest BCUT2D eigenvalue weighted by molar-refractivity contribution is 7.09. The van der Waals surface area contributed by atoms with E-state index in [-0.39, 0.29) is 0 Å². The van der Waals surface area contributed by atoms with E-state index in [1.807, 2.05) is 11.3 Å². The molecular formula is C14H24N2S. The molecule has 2 nitrogen and oxygen atoms in total. The highest BCUT2D eigenvalue weighted by atomic mass is 32.1. The first kappa shape index (κ1) is 13.1. The molecule has 1 N–H and O–H groups in total. The van der Waals surface area contributed by atoms with Crippen molar-refractivity contribution in [3.8, 4) is 0 Å². The first-order chi connectivity index (χ1) is 8.16. The lowest BCUT2D eigenvalue weighted by Crippen LogP contribution is -2.42. The molecule has 1 aromatic rings. The van der Waals surface area contributed by atoms with Gasteiger partial charge in [-0.25, -0.2) is 0 Å². The van der Waals surface area contributed by atoms with Gasteiger partial charge in [-0.05, 0) is 37.3 Å². The standard InChI is InChI=1S/C14H24N2S/c1-11(2)14-10-16(12(3)6-7-15-14)9-13-5-4-8-17-13/h4-5,8,11-12,14-15H,6-7,9-10H2,1-3H3. The summed E-state index contributed by atoms with van der Waals surface area (Å²) in [5, 5.41) is 5.86. The summed E-state index contributed by atoms with van der Waals surface area (Å²) in [6.07, 6.45) is 1.26. The Balaban J connectivity index is 2.01. The molecule has 0 bridgehead atoms. The highest BCUT2D eigenvalue weighted by Crippen LogP contribution is 2.19. The van der Waals surface area contributed by atoms with E-state index in [0.717, 1.165) is 13.1 Å². The zero-order valence-corrected chi connectivity index (χ0v) is 12.0. The van der Waals surface area contributed by atoms with E-state index >= 15 is 0 Å². The van der Waals surface area contributed by atoms with E-state index in [2.05, 4.69) is 48.5 Å². The van der Waals surface area contributed by atoms with E-state index in [1.165, 1.54) is 17.8 Å². The van der Waals surface area contributed by atoms with Gasteiger partial charge in [0.15, 0.2) is 0 Å². The predicted molar refractivity (Wildman–Crippen MR) is 75.4 cm³/mol. The lowest BCUT2D eigenvalue weighted by atomic mass is 10.0. The van der Waals surface area contributed by atoms with Crippen molar-refractivity contribution in [1.82, 2.24) is 10.2 Å². The maximum absolute atomic E-state index is 3.68. The van der Waals surface area contributed by atoms with Crippen LogP contribution in [0.5, 0.6) is 0 Å². The van der Waals surface area contributed by atoms with Crippen molar-refractivity contribution >= 4 is 11.3 Å². The second kappa shape index (κ2) is 5.98.